The molecule has 0 saturated carbocycles. The lowest BCUT2D eigenvalue weighted by Gasteiger charge is -2.09. The Bertz CT molecular complexity index is 415. The van der Waals surface area contributed by atoms with Crippen LogP contribution in [-0.4, -0.2) is 29.7 Å². The largest absolute Gasteiger partial charge is 0.381 e. The maximum Gasteiger partial charge on any atom is 0.252 e. The van der Waals surface area contributed by atoms with Crippen LogP contribution in [0, 0.1) is 0 Å². The van der Waals surface area contributed by atoms with Gasteiger partial charge in [-0.05, 0) is 18.8 Å². The fraction of sp³-hybridized carbons (Fsp3) is 0.714. The number of aromatic nitrogens is 2. The molecule has 19 heavy (non-hydrogen) atoms. The Morgan fingerprint density at radius 1 is 1.37 bits per heavy atom. The Morgan fingerprint density at radius 2 is 2.11 bits per heavy atom. The molecule has 0 aliphatic carbocycles. The minimum atomic E-state index is -0.111. The zero-order valence-electron chi connectivity index (χ0n) is 12.2. The third-order valence-electron chi connectivity index (χ3n) is 2.75. The van der Waals surface area contributed by atoms with Crippen molar-refractivity contribution < 1.29 is 4.74 Å². The van der Waals surface area contributed by atoms with Crippen LogP contribution in [0.1, 0.15) is 51.6 Å². The number of rotatable bonds is 9. The smallest absolute Gasteiger partial charge is 0.252 e. The van der Waals surface area contributed by atoms with Gasteiger partial charge in [-0.2, -0.15) is 0 Å². The number of anilines is 1. The molecule has 0 aromatic carbocycles. The number of hydrogen-bond acceptors (Lipinski definition) is 4. The topological polar surface area (TPSA) is 67.0 Å². The first kappa shape index (κ1) is 15.7. The van der Waals surface area contributed by atoms with Crippen molar-refractivity contribution in [2.24, 2.45) is 0 Å². The molecule has 0 atom stereocenters. The molecular weight excluding hydrogens is 242 g/mol. The highest BCUT2D eigenvalue weighted by molar-refractivity contribution is 5.25. The molecule has 1 heterocycles. The highest BCUT2D eigenvalue weighted by Gasteiger charge is 2.04. The molecule has 0 radical (unpaired) electrons. The third kappa shape index (κ3) is 6.38. The van der Waals surface area contributed by atoms with Crippen molar-refractivity contribution in [3.05, 3.63) is 22.1 Å². The zero-order chi connectivity index (χ0) is 14.1. The standard InChI is InChI=1S/C14H25N3O2/c1-4-5-8-19-9-6-7-15-14-16-12(11(2)3)10-13(18)17-14/h10-11H,4-9H2,1-3H3,(H2,15,16,17,18). The van der Waals surface area contributed by atoms with E-state index >= 15 is 0 Å². The lowest BCUT2D eigenvalue weighted by atomic mass is 10.1. The second-order valence-corrected chi connectivity index (χ2v) is 4.92. The van der Waals surface area contributed by atoms with Crippen LogP contribution in [0.2, 0.25) is 0 Å². The molecule has 1 rings (SSSR count). The molecule has 0 aliphatic heterocycles. The highest BCUT2D eigenvalue weighted by atomic mass is 16.5. The average Bonchev–Trinajstić information content (AvgIpc) is 2.37. The van der Waals surface area contributed by atoms with Crippen LogP contribution in [-0.2, 0) is 4.74 Å². The molecule has 0 amide bonds. The second kappa shape index (κ2) is 8.69. The molecule has 5 heteroatoms. The first-order chi connectivity index (χ1) is 9.13. The number of aromatic amines is 1. The maximum absolute atomic E-state index is 11.5. The Balaban J connectivity index is 2.31. The first-order valence-electron chi connectivity index (χ1n) is 7.06. The van der Waals surface area contributed by atoms with E-state index in [0.29, 0.717) is 5.95 Å². The number of unbranched alkanes of at least 4 members (excludes halogenated alkanes) is 1. The van der Waals surface area contributed by atoms with E-state index in [1.54, 1.807) is 6.07 Å². The van der Waals surface area contributed by atoms with E-state index in [1.165, 1.54) is 0 Å². The summed E-state index contributed by atoms with van der Waals surface area (Å²) in [5, 5.41) is 3.12. The Labute approximate surface area is 114 Å². The van der Waals surface area contributed by atoms with Crippen LogP contribution in [0.15, 0.2) is 10.9 Å². The summed E-state index contributed by atoms with van der Waals surface area (Å²) < 4.78 is 5.47. The lowest BCUT2D eigenvalue weighted by Crippen LogP contribution is -2.16. The van der Waals surface area contributed by atoms with Crippen LogP contribution in [0.4, 0.5) is 5.95 Å². The van der Waals surface area contributed by atoms with Crippen molar-refractivity contribution in [3.63, 3.8) is 0 Å². The fourth-order valence-corrected chi connectivity index (χ4v) is 1.59. The normalized spacial score (nSPS) is 10.9. The van der Waals surface area contributed by atoms with Gasteiger partial charge in [0.05, 0.1) is 5.69 Å². The quantitative estimate of drug-likeness (QED) is 0.675. The third-order valence-corrected chi connectivity index (χ3v) is 2.75. The van der Waals surface area contributed by atoms with E-state index in [4.69, 9.17) is 4.74 Å². The molecule has 0 unspecified atom stereocenters. The van der Waals surface area contributed by atoms with E-state index in [-0.39, 0.29) is 11.5 Å². The summed E-state index contributed by atoms with van der Waals surface area (Å²) in [6, 6.07) is 1.55. The summed E-state index contributed by atoms with van der Waals surface area (Å²) >= 11 is 0. The summed E-state index contributed by atoms with van der Waals surface area (Å²) in [7, 11) is 0. The number of hydrogen-bond donors (Lipinski definition) is 2. The van der Waals surface area contributed by atoms with Gasteiger partial charge >= 0.3 is 0 Å². The van der Waals surface area contributed by atoms with Crippen LogP contribution in [0.5, 0.6) is 0 Å². The fourth-order valence-electron chi connectivity index (χ4n) is 1.59. The van der Waals surface area contributed by atoms with E-state index in [2.05, 4.69) is 22.2 Å². The number of ether oxygens (including phenoxy) is 1. The zero-order valence-corrected chi connectivity index (χ0v) is 12.2. The van der Waals surface area contributed by atoms with Gasteiger partial charge in [-0.15, -0.1) is 0 Å². The van der Waals surface area contributed by atoms with Gasteiger partial charge in [0.25, 0.3) is 5.56 Å². The van der Waals surface area contributed by atoms with Crippen molar-refractivity contribution >= 4 is 5.95 Å². The van der Waals surface area contributed by atoms with E-state index < -0.39 is 0 Å². The van der Waals surface area contributed by atoms with E-state index in [0.717, 1.165) is 44.7 Å². The van der Waals surface area contributed by atoms with Gasteiger partial charge in [-0.3, -0.25) is 9.78 Å². The van der Waals surface area contributed by atoms with Gasteiger partial charge in [-0.25, -0.2) is 4.98 Å². The lowest BCUT2D eigenvalue weighted by molar-refractivity contribution is 0.131. The van der Waals surface area contributed by atoms with Crippen molar-refractivity contribution in [1.82, 2.24) is 9.97 Å². The molecule has 0 bridgehead atoms. The Kier molecular flexibility index (Phi) is 7.18. The van der Waals surface area contributed by atoms with Gasteiger partial charge < -0.3 is 10.1 Å². The van der Waals surface area contributed by atoms with Crippen molar-refractivity contribution in [2.75, 3.05) is 25.1 Å². The molecule has 1 aromatic rings. The minimum Gasteiger partial charge on any atom is -0.381 e. The molecule has 108 valence electrons. The van der Waals surface area contributed by atoms with Crippen molar-refractivity contribution in [3.8, 4) is 0 Å². The number of H-pyrrole nitrogens is 1. The molecule has 5 nitrogen and oxygen atoms in total. The molecule has 0 aliphatic rings. The monoisotopic (exact) mass is 267 g/mol. The minimum absolute atomic E-state index is 0.111. The first-order valence-corrected chi connectivity index (χ1v) is 7.06. The Morgan fingerprint density at radius 3 is 2.79 bits per heavy atom. The van der Waals surface area contributed by atoms with Gasteiger partial charge in [0, 0.05) is 25.8 Å². The predicted molar refractivity (Wildman–Crippen MR) is 77.8 cm³/mol. The summed E-state index contributed by atoms with van der Waals surface area (Å²) in [6.45, 7) is 8.50. The summed E-state index contributed by atoms with van der Waals surface area (Å²) in [6.07, 6.45) is 3.17. The van der Waals surface area contributed by atoms with Crippen LogP contribution in [0.25, 0.3) is 0 Å². The van der Waals surface area contributed by atoms with Gasteiger partial charge in [0.1, 0.15) is 0 Å². The molecule has 1 aromatic heterocycles. The van der Waals surface area contributed by atoms with Gasteiger partial charge in [-0.1, -0.05) is 27.2 Å². The summed E-state index contributed by atoms with van der Waals surface area (Å²) in [5.41, 5.74) is 0.700. The highest BCUT2D eigenvalue weighted by Crippen LogP contribution is 2.09. The second-order valence-electron chi connectivity index (χ2n) is 4.92. The van der Waals surface area contributed by atoms with Crippen molar-refractivity contribution in [2.45, 2.75) is 46.0 Å². The summed E-state index contributed by atoms with van der Waals surface area (Å²) in [4.78, 5) is 18.5. The molecule has 2 N–H and O–H groups in total. The molecular formula is C14H25N3O2. The van der Waals surface area contributed by atoms with Gasteiger partial charge in [0.15, 0.2) is 0 Å². The Hall–Kier alpha value is -1.36. The van der Waals surface area contributed by atoms with Crippen LogP contribution >= 0.6 is 0 Å². The predicted octanol–water partition coefficient (Wildman–Crippen LogP) is 2.51. The van der Waals surface area contributed by atoms with Crippen molar-refractivity contribution in [1.29, 1.82) is 0 Å². The molecule has 0 fully saturated rings. The van der Waals surface area contributed by atoms with E-state index in [1.807, 2.05) is 13.8 Å². The molecule has 0 spiro atoms. The molecule has 0 saturated heterocycles. The maximum atomic E-state index is 11.5. The van der Waals surface area contributed by atoms with Crippen LogP contribution < -0.4 is 10.9 Å². The number of nitrogens with one attached hydrogen (secondary N) is 2. The van der Waals surface area contributed by atoms with Gasteiger partial charge in [0.2, 0.25) is 5.95 Å². The van der Waals surface area contributed by atoms with Crippen LogP contribution in [0.3, 0.4) is 0 Å². The number of nitrogens with zero attached hydrogens (tertiary/aromatic N) is 1. The summed E-state index contributed by atoms with van der Waals surface area (Å²) in [5.74, 6) is 0.796. The van der Waals surface area contributed by atoms with E-state index in [9.17, 15) is 4.79 Å². The average molecular weight is 267 g/mol. The SMILES string of the molecule is CCCCOCCCNc1nc(C(C)C)cc(=O)[nH]1.